The van der Waals surface area contributed by atoms with Gasteiger partial charge in [0.1, 0.15) is 16.3 Å². The maximum atomic E-state index is 13.4. The lowest BCUT2D eigenvalue weighted by Gasteiger charge is -2.26. The Hall–Kier alpha value is -3.41. The van der Waals surface area contributed by atoms with Crippen LogP contribution in [-0.2, 0) is 14.8 Å². The average molecular weight is 499 g/mol. The van der Waals surface area contributed by atoms with Crippen LogP contribution >= 0.6 is 0 Å². The van der Waals surface area contributed by atoms with Gasteiger partial charge in [-0.2, -0.15) is 4.31 Å². The highest BCUT2D eigenvalue weighted by Crippen LogP contribution is 2.35. The van der Waals surface area contributed by atoms with Crippen LogP contribution in [0.15, 0.2) is 47.6 Å². The second-order valence-corrected chi connectivity index (χ2v) is 10.3. The molecular weight excluding hydrogens is 472 g/mol. The van der Waals surface area contributed by atoms with E-state index in [2.05, 4.69) is 9.97 Å². The van der Waals surface area contributed by atoms with Crippen LogP contribution in [-0.4, -0.2) is 85.3 Å². The van der Waals surface area contributed by atoms with E-state index in [4.69, 9.17) is 9.47 Å². The summed E-state index contributed by atoms with van der Waals surface area (Å²) in [6.07, 6.45) is 5.19. The number of ether oxygens (including phenoxy) is 2. The molecule has 11 heteroatoms. The summed E-state index contributed by atoms with van der Waals surface area (Å²) in [5.41, 5.74) is 4.20. The fourth-order valence-corrected chi connectivity index (χ4v) is 6.09. The molecule has 2 N–H and O–H groups in total. The van der Waals surface area contributed by atoms with Crippen LogP contribution in [0.1, 0.15) is 12.0 Å². The molecule has 3 aromatic rings. The second-order valence-electron chi connectivity index (χ2n) is 8.41. The topological polar surface area (TPSA) is 125 Å². The molecule has 0 spiro atoms. The third-order valence-corrected chi connectivity index (χ3v) is 8.36. The van der Waals surface area contributed by atoms with E-state index < -0.39 is 16.1 Å². The van der Waals surface area contributed by atoms with Crippen molar-refractivity contribution in [2.24, 2.45) is 0 Å². The van der Waals surface area contributed by atoms with Crippen LogP contribution in [0.5, 0.6) is 5.75 Å². The fraction of sp³-hybridized carbons (Fsp3) is 0.333. The van der Waals surface area contributed by atoms with Crippen LogP contribution in [0.4, 0.5) is 4.79 Å². The number of H-pyrrole nitrogens is 1. The van der Waals surface area contributed by atoms with Gasteiger partial charge in [0.25, 0.3) is 0 Å². The molecule has 0 aliphatic carbocycles. The number of hydrogen-bond donors (Lipinski definition) is 2. The van der Waals surface area contributed by atoms with Crippen LogP contribution < -0.4 is 4.74 Å². The van der Waals surface area contributed by atoms with Crippen LogP contribution in [0, 0.1) is 0 Å². The summed E-state index contributed by atoms with van der Waals surface area (Å²) in [5, 5.41) is 10.1. The number of sulfonamides is 1. The molecule has 2 aromatic heterocycles. The highest BCUT2D eigenvalue weighted by Gasteiger charge is 2.29. The molecule has 35 heavy (non-hydrogen) atoms. The Balaban J connectivity index is 1.53. The molecule has 4 heterocycles. The van der Waals surface area contributed by atoms with Crippen molar-refractivity contribution in [1.29, 1.82) is 0 Å². The number of carboxylic acid groups (broad SMARTS) is 1. The summed E-state index contributed by atoms with van der Waals surface area (Å²) in [5.74, 6) is 0.284. The van der Waals surface area contributed by atoms with Gasteiger partial charge in [0, 0.05) is 55.1 Å². The minimum atomic E-state index is -3.76. The molecule has 1 saturated heterocycles. The van der Waals surface area contributed by atoms with Crippen LogP contribution in [0.2, 0.25) is 0 Å². The first-order valence-corrected chi connectivity index (χ1v) is 12.7. The molecule has 5 rings (SSSR count). The second kappa shape index (κ2) is 9.33. The van der Waals surface area contributed by atoms with Crippen molar-refractivity contribution in [1.82, 2.24) is 19.2 Å². The Kier molecular flexibility index (Phi) is 6.22. The average Bonchev–Trinajstić information content (AvgIpc) is 3.32. The molecule has 0 bridgehead atoms. The molecule has 10 nitrogen and oxygen atoms in total. The molecule has 0 saturated carbocycles. The summed E-state index contributed by atoms with van der Waals surface area (Å²) in [6.45, 7) is 2.08. The first kappa shape index (κ1) is 23.3. The number of fused-ring (bicyclic) bond motifs is 1. The van der Waals surface area contributed by atoms with Crippen molar-refractivity contribution in [2.45, 2.75) is 11.3 Å². The first-order valence-electron chi connectivity index (χ1n) is 11.3. The third-order valence-electron chi connectivity index (χ3n) is 6.44. The van der Waals surface area contributed by atoms with Gasteiger partial charge in [-0.15, -0.1) is 0 Å². The number of nitrogens with one attached hydrogen (secondary N) is 1. The minimum Gasteiger partial charge on any atom is -0.495 e. The zero-order valence-corrected chi connectivity index (χ0v) is 20.0. The van der Waals surface area contributed by atoms with Gasteiger partial charge in [-0.1, -0.05) is 12.1 Å². The molecule has 1 fully saturated rings. The molecule has 1 amide bonds. The van der Waals surface area contributed by atoms with E-state index in [-0.39, 0.29) is 10.6 Å². The molecule has 1 aromatic carbocycles. The number of benzene rings is 1. The number of aromatic amines is 1. The van der Waals surface area contributed by atoms with Gasteiger partial charge in [-0.3, -0.25) is 0 Å². The van der Waals surface area contributed by atoms with Crippen molar-refractivity contribution in [3.8, 4) is 16.9 Å². The Morgan fingerprint density at radius 1 is 1.17 bits per heavy atom. The van der Waals surface area contributed by atoms with Crippen molar-refractivity contribution in [3.05, 3.63) is 48.3 Å². The normalized spacial score (nSPS) is 17.4. The summed E-state index contributed by atoms with van der Waals surface area (Å²) in [4.78, 5) is 20.4. The Labute approximate surface area is 202 Å². The number of amides is 1. The van der Waals surface area contributed by atoms with Gasteiger partial charge >= 0.3 is 6.09 Å². The standard InChI is InChI=1S/C24H26N4O6S/c1-33-21-3-2-17(13-22(21)35(31,32)28-8-10-34-11-9-28)18-12-19-20(15-26-23(19)25-14-18)16-4-6-27(7-5-16)24(29)30/h2-4,12-15H,5-11H2,1H3,(H,25,26)(H,29,30). The SMILES string of the molecule is COc1ccc(-c2cnc3[nH]cc(C4=CCN(C(=O)O)CC4)c3c2)cc1S(=O)(=O)N1CCOCC1. The van der Waals surface area contributed by atoms with E-state index in [1.807, 2.05) is 24.4 Å². The molecule has 184 valence electrons. The summed E-state index contributed by atoms with van der Waals surface area (Å²) < 4.78 is 38.9. The third kappa shape index (κ3) is 4.38. The summed E-state index contributed by atoms with van der Waals surface area (Å²) >= 11 is 0. The van der Waals surface area contributed by atoms with Gasteiger partial charge in [-0.05, 0) is 35.8 Å². The van der Waals surface area contributed by atoms with E-state index in [1.165, 1.54) is 16.3 Å². The number of methoxy groups -OCH3 is 1. The number of hydrogen-bond acceptors (Lipinski definition) is 6. The van der Waals surface area contributed by atoms with E-state index in [1.54, 1.807) is 18.3 Å². The lowest BCUT2D eigenvalue weighted by Crippen LogP contribution is -2.40. The van der Waals surface area contributed by atoms with Crippen LogP contribution in [0.3, 0.4) is 0 Å². The highest BCUT2D eigenvalue weighted by molar-refractivity contribution is 7.89. The van der Waals surface area contributed by atoms with E-state index in [9.17, 15) is 18.3 Å². The monoisotopic (exact) mass is 498 g/mol. The number of aromatic nitrogens is 2. The number of nitrogens with zero attached hydrogens (tertiary/aromatic N) is 3. The van der Waals surface area contributed by atoms with Gasteiger partial charge in [0.05, 0.1) is 20.3 Å². The summed E-state index contributed by atoms with van der Waals surface area (Å²) in [6, 6.07) is 7.08. The van der Waals surface area contributed by atoms with Crippen LogP contribution in [0.25, 0.3) is 27.7 Å². The predicted octanol–water partition coefficient (Wildman–Crippen LogP) is 3.03. The lowest BCUT2D eigenvalue weighted by atomic mass is 9.98. The fourth-order valence-electron chi connectivity index (χ4n) is 4.50. The molecular formula is C24H26N4O6S. The minimum absolute atomic E-state index is 0.109. The van der Waals surface area contributed by atoms with Gasteiger partial charge in [0.2, 0.25) is 10.0 Å². The summed E-state index contributed by atoms with van der Waals surface area (Å²) in [7, 11) is -2.31. The van der Waals surface area contributed by atoms with Crippen molar-refractivity contribution in [3.63, 3.8) is 0 Å². The zero-order chi connectivity index (χ0) is 24.6. The van der Waals surface area contributed by atoms with E-state index in [0.29, 0.717) is 57.0 Å². The zero-order valence-electron chi connectivity index (χ0n) is 19.2. The highest BCUT2D eigenvalue weighted by atomic mass is 32.2. The molecule has 0 radical (unpaired) electrons. The van der Waals surface area contributed by atoms with E-state index in [0.717, 1.165) is 22.1 Å². The largest absolute Gasteiger partial charge is 0.495 e. The smallest absolute Gasteiger partial charge is 0.407 e. The number of carbonyl (C=O) groups is 1. The predicted molar refractivity (Wildman–Crippen MR) is 130 cm³/mol. The molecule has 0 unspecified atom stereocenters. The quantitative estimate of drug-likeness (QED) is 0.554. The van der Waals surface area contributed by atoms with E-state index >= 15 is 0 Å². The molecule has 0 atom stereocenters. The van der Waals surface area contributed by atoms with Gasteiger partial charge in [-0.25, -0.2) is 18.2 Å². The van der Waals surface area contributed by atoms with Crippen molar-refractivity contribution in [2.75, 3.05) is 46.5 Å². The first-order chi connectivity index (χ1) is 16.9. The van der Waals surface area contributed by atoms with Gasteiger partial charge < -0.3 is 24.5 Å². The maximum Gasteiger partial charge on any atom is 0.407 e. The number of rotatable bonds is 5. The Morgan fingerprint density at radius 2 is 1.97 bits per heavy atom. The molecule has 2 aliphatic rings. The van der Waals surface area contributed by atoms with Crippen molar-refractivity contribution >= 4 is 32.7 Å². The lowest BCUT2D eigenvalue weighted by molar-refractivity contribution is 0.0729. The molecule has 2 aliphatic heterocycles. The maximum absolute atomic E-state index is 13.4. The Morgan fingerprint density at radius 3 is 2.66 bits per heavy atom. The van der Waals surface area contributed by atoms with Gasteiger partial charge in [0.15, 0.2) is 0 Å². The number of morpholine rings is 1. The number of pyridine rings is 1. The van der Waals surface area contributed by atoms with Crippen molar-refractivity contribution < 1.29 is 27.8 Å². The Bertz CT molecular complexity index is 1410.